The van der Waals surface area contributed by atoms with Crippen molar-refractivity contribution in [2.75, 3.05) is 26.4 Å². The number of hydrogen-bond donors (Lipinski definition) is 1. The second kappa shape index (κ2) is 9.18. The molecule has 4 heteroatoms. The topological polar surface area (TPSA) is 30.5 Å². The lowest BCUT2D eigenvalue weighted by molar-refractivity contribution is 0.110. The van der Waals surface area contributed by atoms with Crippen molar-refractivity contribution < 1.29 is 9.47 Å². The highest BCUT2D eigenvalue weighted by molar-refractivity contribution is 6.31. The summed E-state index contributed by atoms with van der Waals surface area (Å²) in [6, 6.07) is 5.75. The van der Waals surface area contributed by atoms with Crippen molar-refractivity contribution in [3.8, 4) is 5.75 Å². The highest BCUT2D eigenvalue weighted by Gasteiger charge is 2.08. The highest BCUT2D eigenvalue weighted by atomic mass is 35.5. The van der Waals surface area contributed by atoms with Crippen LogP contribution in [0.2, 0.25) is 5.02 Å². The predicted octanol–water partition coefficient (Wildman–Crippen LogP) is 3.50. The smallest absolute Gasteiger partial charge is 0.125 e. The Labute approximate surface area is 121 Å². The molecule has 3 nitrogen and oxygen atoms in total. The summed E-state index contributed by atoms with van der Waals surface area (Å²) in [5.74, 6) is 1.45. The average Bonchev–Trinajstić information content (AvgIpc) is 2.37. The van der Waals surface area contributed by atoms with Gasteiger partial charge in [0.25, 0.3) is 0 Å². The Morgan fingerprint density at radius 2 is 2.05 bits per heavy atom. The first-order valence-corrected chi connectivity index (χ1v) is 7.21. The van der Waals surface area contributed by atoms with Gasteiger partial charge in [0, 0.05) is 23.7 Å². The number of ether oxygens (including phenoxy) is 2. The lowest BCUT2D eigenvalue weighted by Gasteiger charge is -2.14. The maximum atomic E-state index is 6.23. The summed E-state index contributed by atoms with van der Waals surface area (Å²) in [5, 5.41) is 4.13. The van der Waals surface area contributed by atoms with Crippen LogP contribution in [0.4, 0.5) is 0 Å². The van der Waals surface area contributed by atoms with Crippen LogP contribution in [0.1, 0.15) is 26.3 Å². The van der Waals surface area contributed by atoms with Gasteiger partial charge in [0.2, 0.25) is 0 Å². The number of nitrogens with one attached hydrogen (secondary N) is 1. The van der Waals surface area contributed by atoms with Crippen LogP contribution in [-0.4, -0.2) is 26.4 Å². The van der Waals surface area contributed by atoms with Crippen molar-refractivity contribution in [2.45, 2.75) is 27.3 Å². The molecular weight excluding hydrogens is 262 g/mol. The summed E-state index contributed by atoms with van der Waals surface area (Å²) < 4.78 is 11.0. The van der Waals surface area contributed by atoms with Gasteiger partial charge in [0.05, 0.1) is 6.61 Å². The molecule has 0 bridgehead atoms. The molecule has 0 amide bonds. The van der Waals surface area contributed by atoms with Crippen molar-refractivity contribution in [3.05, 3.63) is 28.8 Å². The molecule has 0 aromatic heterocycles. The van der Waals surface area contributed by atoms with E-state index in [9.17, 15) is 0 Å². The molecular formula is C15H24ClNO2. The molecule has 0 aliphatic rings. The molecule has 0 saturated carbocycles. The molecule has 19 heavy (non-hydrogen) atoms. The number of halogens is 1. The third kappa shape index (κ3) is 6.28. The molecule has 0 aliphatic heterocycles. The second-order valence-electron chi connectivity index (χ2n) is 4.79. The van der Waals surface area contributed by atoms with E-state index < -0.39 is 0 Å². The quantitative estimate of drug-likeness (QED) is 0.705. The summed E-state index contributed by atoms with van der Waals surface area (Å²) in [6.45, 7) is 9.87. The van der Waals surface area contributed by atoms with Gasteiger partial charge in [-0.3, -0.25) is 0 Å². The summed E-state index contributed by atoms with van der Waals surface area (Å²) in [5.41, 5.74) is 1.02. The van der Waals surface area contributed by atoms with Crippen molar-refractivity contribution in [1.82, 2.24) is 5.32 Å². The molecule has 1 aromatic rings. The summed E-state index contributed by atoms with van der Waals surface area (Å²) in [6.07, 6.45) is 0. The molecule has 0 unspecified atom stereocenters. The molecule has 0 saturated heterocycles. The molecule has 0 aliphatic carbocycles. The van der Waals surface area contributed by atoms with Crippen LogP contribution < -0.4 is 10.1 Å². The van der Waals surface area contributed by atoms with Crippen LogP contribution in [-0.2, 0) is 11.3 Å². The maximum Gasteiger partial charge on any atom is 0.125 e. The lowest BCUT2D eigenvalue weighted by atomic mass is 10.1. The van der Waals surface area contributed by atoms with Crippen molar-refractivity contribution in [3.63, 3.8) is 0 Å². The van der Waals surface area contributed by atoms with Gasteiger partial charge in [0.15, 0.2) is 0 Å². The highest BCUT2D eigenvalue weighted by Crippen LogP contribution is 2.26. The first-order chi connectivity index (χ1) is 9.15. The van der Waals surface area contributed by atoms with E-state index in [1.54, 1.807) is 0 Å². The van der Waals surface area contributed by atoms with Crippen molar-refractivity contribution >= 4 is 11.6 Å². The van der Waals surface area contributed by atoms with Crippen LogP contribution in [0.3, 0.4) is 0 Å². The van der Waals surface area contributed by atoms with Gasteiger partial charge in [-0.15, -0.1) is 0 Å². The van der Waals surface area contributed by atoms with E-state index >= 15 is 0 Å². The van der Waals surface area contributed by atoms with Gasteiger partial charge < -0.3 is 14.8 Å². The molecule has 1 aromatic carbocycles. The Bertz CT molecular complexity index is 369. The number of benzene rings is 1. The van der Waals surface area contributed by atoms with Crippen LogP contribution in [0.25, 0.3) is 0 Å². The Balaban J connectivity index is 2.56. The third-order valence-electron chi connectivity index (χ3n) is 2.62. The fraction of sp³-hybridized carbons (Fsp3) is 0.600. The van der Waals surface area contributed by atoms with Crippen LogP contribution in [0.5, 0.6) is 5.75 Å². The van der Waals surface area contributed by atoms with E-state index in [0.717, 1.165) is 29.4 Å². The zero-order valence-corrected chi connectivity index (χ0v) is 12.8. The van der Waals surface area contributed by atoms with Gasteiger partial charge in [-0.2, -0.15) is 0 Å². The molecule has 0 atom stereocenters. The monoisotopic (exact) mass is 285 g/mol. The van der Waals surface area contributed by atoms with E-state index in [2.05, 4.69) is 19.2 Å². The Kier molecular flexibility index (Phi) is 7.87. The van der Waals surface area contributed by atoms with Gasteiger partial charge in [-0.1, -0.05) is 31.5 Å². The first-order valence-electron chi connectivity index (χ1n) is 6.83. The zero-order chi connectivity index (χ0) is 14.1. The standard InChI is InChI=1S/C15H24ClNO2/c1-4-18-8-9-19-15-7-5-6-14(16)13(15)11-17-10-12(2)3/h5-7,12,17H,4,8-11H2,1-3H3. The molecule has 0 heterocycles. The van der Waals surface area contributed by atoms with Crippen LogP contribution >= 0.6 is 11.6 Å². The third-order valence-corrected chi connectivity index (χ3v) is 2.97. The maximum absolute atomic E-state index is 6.23. The predicted molar refractivity (Wildman–Crippen MR) is 80.0 cm³/mol. The Morgan fingerprint density at radius 3 is 2.74 bits per heavy atom. The van der Waals surface area contributed by atoms with Crippen LogP contribution in [0, 0.1) is 5.92 Å². The van der Waals surface area contributed by atoms with E-state index in [4.69, 9.17) is 21.1 Å². The normalized spacial score (nSPS) is 11.0. The van der Waals surface area contributed by atoms with Crippen molar-refractivity contribution in [1.29, 1.82) is 0 Å². The van der Waals surface area contributed by atoms with Gasteiger partial charge in [-0.05, 0) is 31.5 Å². The molecule has 0 fully saturated rings. The van der Waals surface area contributed by atoms with Crippen molar-refractivity contribution in [2.24, 2.45) is 5.92 Å². The van der Waals surface area contributed by atoms with Gasteiger partial charge in [0.1, 0.15) is 12.4 Å². The summed E-state index contributed by atoms with van der Waals surface area (Å²) in [7, 11) is 0. The van der Waals surface area contributed by atoms with E-state index in [1.165, 1.54) is 0 Å². The SMILES string of the molecule is CCOCCOc1cccc(Cl)c1CNCC(C)C. The molecule has 0 radical (unpaired) electrons. The largest absolute Gasteiger partial charge is 0.491 e. The molecule has 1 rings (SSSR count). The van der Waals surface area contributed by atoms with Gasteiger partial charge >= 0.3 is 0 Å². The Hall–Kier alpha value is -0.770. The Morgan fingerprint density at radius 1 is 1.26 bits per heavy atom. The second-order valence-corrected chi connectivity index (χ2v) is 5.19. The molecule has 1 N–H and O–H groups in total. The average molecular weight is 286 g/mol. The summed E-state index contributed by atoms with van der Waals surface area (Å²) in [4.78, 5) is 0. The number of rotatable bonds is 9. The molecule has 108 valence electrons. The molecule has 0 spiro atoms. The minimum Gasteiger partial charge on any atom is -0.491 e. The number of hydrogen-bond acceptors (Lipinski definition) is 3. The fourth-order valence-electron chi connectivity index (χ4n) is 1.69. The van der Waals surface area contributed by atoms with E-state index in [0.29, 0.717) is 25.7 Å². The van der Waals surface area contributed by atoms with Crippen LogP contribution in [0.15, 0.2) is 18.2 Å². The van der Waals surface area contributed by atoms with E-state index in [-0.39, 0.29) is 0 Å². The lowest BCUT2D eigenvalue weighted by Crippen LogP contribution is -2.20. The minimum absolute atomic E-state index is 0.547. The van der Waals surface area contributed by atoms with E-state index in [1.807, 2.05) is 25.1 Å². The summed E-state index contributed by atoms with van der Waals surface area (Å²) >= 11 is 6.23. The fourth-order valence-corrected chi connectivity index (χ4v) is 1.92. The zero-order valence-electron chi connectivity index (χ0n) is 12.0. The van der Waals surface area contributed by atoms with Gasteiger partial charge in [-0.25, -0.2) is 0 Å². The minimum atomic E-state index is 0.547. The first kappa shape index (κ1) is 16.3.